The number of pyridine rings is 1. The van der Waals surface area contributed by atoms with Crippen molar-refractivity contribution in [3.63, 3.8) is 0 Å². The minimum Gasteiger partial charge on any atom is -0.370 e. The van der Waals surface area contributed by atoms with Gasteiger partial charge in [0.05, 0.1) is 12.2 Å². The number of hydrogen-bond acceptors (Lipinski definition) is 2. The normalized spacial score (nSPS) is 11.2. The van der Waals surface area contributed by atoms with Gasteiger partial charge in [-0.3, -0.25) is 0 Å². The van der Waals surface area contributed by atoms with Crippen molar-refractivity contribution >= 4 is 41.3 Å². The van der Waals surface area contributed by atoms with Crippen LogP contribution in [0.5, 0.6) is 0 Å². The van der Waals surface area contributed by atoms with Crippen LogP contribution in [-0.2, 0) is 6.54 Å². The maximum absolute atomic E-state index is 5.88. The molecular formula is C16H18IN5. The lowest BCUT2D eigenvalue weighted by atomic mass is 10.3. The highest BCUT2D eigenvalue weighted by Crippen LogP contribution is 2.09. The average Bonchev–Trinajstić information content (AvgIpc) is 2.91. The van der Waals surface area contributed by atoms with Crippen LogP contribution in [0.2, 0.25) is 0 Å². The van der Waals surface area contributed by atoms with E-state index in [0.29, 0.717) is 12.5 Å². The second kappa shape index (κ2) is 7.26. The molecule has 6 heteroatoms. The van der Waals surface area contributed by atoms with E-state index in [2.05, 4.69) is 15.3 Å². The molecular weight excluding hydrogens is 389 g/mol. The molecule has 0 spiro atoms. The monoisotopic (exact) mass is 407 g/mol. The highest BCUT2D eigenvalue weighted by atomic mass is 127. The maximum Gasteiger partial charge on any atom is 0.193 e. The number of aliphatic imine (C=N–C) groups is 1. The van der Waals surface area contributed by atoms with Crippen molar-refractivity contribution in [2.75, 3.05) is 5.32 Å². The number of fused-ring (bicyclic) bond motifs is 1. The number of para-hydroxylation sites is 1. The Hall–Kier alpha value is -2.09. The summed E-state index contributed by atoms with van der Waals surface area (Å²) < 4.78 is 2.05. The number of aryl methyl sites for hydroxylation is 1. The summed E-state index contributed by atoms with van der Waals surface area (Å²) in [5, 5.41) is 3.05. The molecule has 0 fully saturated rings. The number of nitrogens with two attached hydrogens (primary N) is 1. The average molecular weight is 407 g/mol. The summed E-state index contributed by atoms with van der Waals surface area (Å²) in [6.07, 6.45) is 1.99. The second-order valence-corrected chi connectivity index (χ2v) is 4.82. The third-order valence-electron chi connectivity index (χ3n) is 3.20. The molecule has 5 nitrogen and oxygen atoms in total. The van der Waals surface area contributed by atoms with Gasteiger partial charge in [0, 0.05) is 17.6 Å². The predicted molar refractivity (Wildman–Crippen MR) is 101 cm³/mol. The Bertz CT molecular complexity index is 780. The Morgan fingerprint density at radius 3 is 2.68 bits per heavy atom. The van der Waals surface area contributed by atoms with E-state index in [0.717, 1.165) is 22.7 Å². The number of guanidine groups is 1. The molecule has 0 unspecified atom stereocenters. The van der Waals surface area contributed by atoms with E-state index in [9.17, 15) is 0 Å². The third-order valence-corrected chi connectivity index (χ3v) is 3.20. The highest BCUT2D eigenvalue weighted by molar-refractivity contribution is 14.0. The first kappa shape index (κ1) is 16.3. The molecule has 3 rings (SSSR count). The van der Waals surface area contributed by atoms with Crippen molar-refractivity contribution in [1.82, 2.24) is 9.38 Å². The van der Waals surface area contributed by atoms with Crippen molar-refractivity contribution < 1.29 is 0 Å². The minimum absolute atomic E-state index is 0. The first-order chi connectivity index (χ1) is 10.2. The van der Waals surface area contributed by atoms with E-state index in [1.165, 1.54) is 0 Å². The van der Waals surface area contributed by atoms with Crippen LogP contribution < -0.4 is 11.1 Å². The topological polar surface area (TPSA) is 67.7 Å². The molecule has 0 atom stereocenters. The predicted octanol–water partition coefficient (Wildman–Crippen LogP) is 3.19. The summed E-state index contributed by atoms with van der Waals surface area (Å²) in [6.45, 7) is 2.50. The van der Waals surface area contributed by atoms with Crippen molar-refractivity contribution in [3.8, 4) is 0 Å². The molecule has 3 aromatic rings. The largest absolute Gasteiger partial charge is 0.370 e. The Labute approximate surface area is 146 Å². The zero-order chi connectivity index (χ0) is 14.7. The number of benzene rings is 1. The molecule has 1 aromatic carbocycles. The zero-order valence-corrected chi connectivity index (χ0v) is 14.6. The van der Waals surface area contributed by atoms with Crippen LogP contribution in [-0.4, -0.2) is 15.3 Å². The van der Waals surface area contributed by atoms with Crippen LogP contribution in [0.4, 0.5) is 5.69 Å². The maximum atomic E-state index is 5.88. The summed E-state index contributed by atoms with van der Waals surface area (Å²) in [6, 6.07) is 15.8. The smallest absolute Gasteiger partial charge is 0.193 e. The van der Waals surface area contributed by atoms with E-state index in [-0.39, 0.29) is 24.0 Å². The number of rotatable bonds is 3. The first-order valence-corrected chi connectivity index (χ1v) is 6.78. The molecule has 0 aliphatic carbocycles. The van der Waals surface area contributed by atoms with Gasteiger partial charge in [0.2, 0.25) is 0 Å². The van der Waals surface area contributed by atoms with Gasteiger partial charge in [0.25, 0.3) is 0 Å². The fourth-order valence-electron chi connectivity index (χ4n) is 2.15. The summed E-state index contributed by atoms with van der Waals surface area (Å²) in [5.74, 6) is 0.384. The van der Waals surface area contributed by atoms with E-state index < -0.39 is 0 Å². The van der Waals surface area contributed by atoms with Gasteiger partial charge >= 0.3 is 0 Å². The second-order valence-electron chi connectivity index (χ2n) is 4.82. The Morgan fingerprint density at radius 2 is 1.95 bits per heavy atom. The van der Waals surface area contributed by atoms with E-state index in [4.69, 9.17) is 5.73 Å². The van der Waals surface area contributed by atoms with Crippen LogP contribution in [0.3, 0.4) is 0 Å². The van der Waals surface area contributed by atoms with Crippen LogP contribution in [0, 0.1) is 6.92 Å². The molecule has 0 aliphatic rings. The number of halogens is 1. The van der Waals surface area contributed by atoms with E-state index >= 15 is 0 Å². The minimum atomic E-state index is 0. The molecule has 0 radical (unpaired) electrons. The number of imidazole rings is 1. The van der Waals surface area contributed by atoms with Gasteiger partial charge < -0.3 is 15.5 Å². The summed E-state index contributed by atoms with van der Waals surface area (Å²) in [4.78, 5) is 8.85. The van der Waals surface area contributed by atoms with Crippen molar-refractivity contribution in [2.45, 2.75) is 13.5 Å². The molecule has 2 heterocycles. The Balaban J connectivity index is 0.00000176. The van der Waals surface area contributed by atoms with Gasteiger partial charge in [-0.15, -0.1) is 24.0 Å². The van der Waals surface area contributed by atoms with Crippen molar-refractivity contribution in [1.29, 1.82) is 0 Å². The van der Waals surface area contributed by atoms with Crippen LogP contribution in [0.15, 0.2) is 59.7 Å². The quantitative estimate of drug-likeness (QED) is 0.398. The number of nitrogens with one attached hydrogen (secondary N) is 1. The lowest BCUT2D eigenvalue weighted by Gasteiger charge is -2.04. The van der Waals surface area contributed by atoms with Gasteiger partial charge in [0.15, 0.2) is 5.96 Å². The van der Waals surface area contributed by atoms with Crippen molar-refractivity contribution in [2.24, 2.45) is 10.7 Å². The molecule has 0 saturated carbocycles. The van der Waals surface area contributed by atoms with E-state index in [1.54, 1.807) is 0 Å². The molecule has 0 bridgehead atoms. The van der Waals surface area contributed by atoms with Gasteiger partial charge in [-0.05, 0) is 31.2 Å². The SMILES string of the molecule is Cc1cccc2nc(CN=C(N)Nc3ccccc3)cn12.I. The Kier molecular flexibility index (Phi) is 5.37. The van der Waals surface area contributed by atoms with Gasteiger partial charge in [-0.1, -0.05) is 24.3 Å². The molecule has 0 aliphatic heterocycles. The number of hydrogen-bond donors (Lipinski definition) is 2. The number of nitrogens with zero attached hydrogens (tertiary/aromatic N) is 3. The zero-order valence-electron chi connectivity index (χ0n) is 12.2. The molecule has 114 valence electrons. The molecule has 3 N–H and O–H groups in total. The van der Waals surface area contributed by atoms with E-state index in [1.807, 2.05) is 66.1 Å². The first-order valence-electron chi connectivity index (χ1n) is 6.78. The standard InChI is InChI=1S/C16H17N5.HI/c1-12-6-5-9-15-19-14(11-21(12)15)10-18-16(17)20-13-7-3-2-4-8-13;/h2-9,11H,10H2,1H3,(H3,17,18,20);1H. The van der Waals surface area contributed by atoms with Crippen molar-refractivity contribution in [3.05, 3.63) is 66.1 Å². The molecule has 22 heavy (non-hydrogen) atoms. The summed E-state index contributed by atoms with van der Waals surface area (Å²) in [7, 11) is 0. The van der Waals surface area contributed by atoms with Crippen LogP contribution >= 0.6 is 24.0 Å². The highest BCUT2D eigenvalue weighted by Gasteiger charge is 2.02. The van der Waals surface area contributed by atoms with Crippen LogP contribution in [0.25, 0.3) is 5.65 Å². The lowest BCUT2D eigenvalue weighted by molar-refractivity contribution is 1.00. The fraction of sp³-hybridized carbons (Fsp3) is 0.125. The Morgan fingerprint density at radius 1 is 1.18 bits per heavy atom. The molecule has 0 saturated heterocycles. The summed E-state index contributed by atoms with van der Waals surface area (Å²) >= 11 is 0. The number of anilines is 1. The molecule has 0 amide bonds. The molecule has 2 aromatic heterocycles. The summed E-state index contributed by atoms with van der Waals surface area (Å²) in [5.41, 5.74) is 9.76. The van der Waals surface area contributed by atoms with Gasteiger partial charge in [0.1, 0.15) is 5.65 Å². The lowest BCUT2D eigenvalue weighted by Crippen LogP contribution is -2.22. The van der Waals surface area contributed by atoms with Gasteiger partial charge in [-0.25, -0.2) is 9.98 Å². The third kappa shape index (κ3) is 3.76. The number of aromatic nitrogens is 2. The van der Waals surface area contributed by atoms with Gasteiger partial charge in [-0.2, -0.15) is 0 Å². The van der Waals surface area contributed by atoms with Crippen LogP contribution in [0.1, 0.15) is 11.4 Å². The fourth-order valence-corrected chi connectivity index (χ4v) is 2.15.